The van der Waals surface area contributed by atoms with Crippen LogP contribution >= 0.6 is 0 Å². The van der Waals surface area contributed by atoms with Crippen molar-refractivity contribution in [1.82, 2.24) is 0 Å². The Morgan fingerprint density at radius 1 is 0.344 bits per heavy atom. The third-order valence-electron chi connectivity index (χ3n) is 10.5. The highest BCUT2D eigenvalue weighted by molar-refractivity contribution is 5.71. The molecule has 0 spiro atoms. The first-order valence-corrected chi connectivity index (χ1v) is 25.2. The van der Waals surface area contributed by atoms with Gasteiger partial charge in [-0.3, -0.25) is 14.4 Å². The van der Waals surface area contributed by atoms with Crippen molar-refractivity contribution in [3.63, 3.8) is 0 Å². The van der Waals surface area contributed by atoms with Gasteiger partial charge >= 0.3 is 17.9 Å². The van der Waals surface area contributed by atoms with E-state index in [1.807, 2.05) is 24.3 Å². The lowest BCUT2D eigenvalue weighted by atomic mass is 10.1. The van der Waals surface area contributed by atoms with Crippen molar-refractivity contribution in [1.29, 1.82) is 0 Å². The number of allylic oxidation sites excluding steroid dienone is 14. The minimum atomic E-state index is -0.795. The number of unbranched alkanes of at least 4 members (excludes halogenated alkanes) is 24. The third-order valence-corrected chi connectivity index (χ3v) is 10.5. The molecule has 0 saturated heterocycles. The molecule has 0 aromatic carbocycles. The molecule has 6 heteroatoms. The van der Waals surface area contributed by atoms with E-state index in [-0.39, 0.29) is 31.1 Å². The number of esters is 3. The summed E-state index contributed by atoms with van der Waals surface area (Å²) in [4.78, 5) is 37.9. The Hall–Kier alpha value is -3.41. The normalized spacial score (nSPS) is 12.8. The lowest BCUT2D eigenvalue weighted by molar-refractivity contribution is -0.167. The van der Waals surface area contributed by atoms with Crippen molar-refractivity contribution in [2.75, 3.05) is 13.2 Å². The summed E-state index contributed by atoms with van der Waals surface area (Å²) in [5.74, 6) is -0.940. The van der Waals surface area contributed by atoms with Gasteiger partial charge in [-0.25, -0.2) is 0 Å². The average molecular weight is 849 g/mol. The fourth-order valence-electron chi connectivity index (χ4n) is 6.75. The molecule has 0 amide bonds. The Bertz CT molecular complexity index is 1200. The number of carbonyl (C=O) groups is 3. The van der Waals surface area contributed by atoms with Crippen LogP contribution in [-0.4, -0.2) is 37.2 Å². The largest absolute Gasteiger partial charge is 0.462 e. The first-order chi connectivity index (χ1) is 30.0. The predicted molar refractivity (Wildman–Crippen MR) is 261 cm³/mol. The van der Waals surface area contributed by atoms with Crippen LogP contribution in [0.25, 0.3) is 0 Å². The summed E-state index contributed by atoms with van der Waals surface area (Å²) in [6, 6.07) is 0. The van der Waals surface area contributed by atoms with E-state index in [1.165, 1.54) is 77.0 Å². The summed E-state index contributed by atoms with van der Waals surface area (Å²) >= 11 is 0. The average Bonchev–Trinajstić information content (AvgIpc) is 3.26. The molecule has 0 heterocycles. The molecule has 0 aliphatic heterocycles. The summed E-state index contributed by atoms with van der Waals surface area (Å²) in [7, 11) is 0. The van der Waals surface area contributed by atoms with Gasteiger partial charge in [-0.05, 0) is 64.2 Å². The Morgan fingerprint density at radius 3 is 1.00 bits per heavy atom. The Labute approximate surface area is 375 Å². The van der Waals surface area contributed by atoms with Crippen molar-refractivity contribution in [3.05, 3.63) is 85.1 Å². The molecule has 0 saturated carbocycles. The van der Waals surface area contributed by atoms with Crippen LogP contribution in [0.15, 0.2) is 85.1 Å². The lowest BCUT2D eigenvalue weighted by Gasteiger charge is -2.18. The van der Waals surface area contributed by atoms with Crippen molar-refractivity contribution < 1.29 is 28.6 Å². The van der Waals surface area contributed by atoms with E-state index in [1.54, 1.807) is 0 Å². The summed E-state index contributed by atoms with van der Waals surface area (Å²) in [6.07, 6.45) is 62.7. The highest BCUT2D eigenvalue weighted by atomic mass is 16.6. The van der Waals surface area contributed by atoms with E-state index in [0.29, 0.717) is 19.3 Å². The maximum absolute atomic E-state index is 12.8. The smallest absolute Gasteiger partial charge is 0.306 e. The molecule has 61 heavy (non-hydrogen) atoms. The molecule has 1 unspecified atom stereocenters. The molecule has 348 valence electrons. The Kier molecular flexibility index (Phi) is 46.5. The summed E-state index contributed by atoms with van der Waals surface area (Å²) in [5, 5.41) is 0. The zero-order chi connectivity index (χ0) is 44.4. The number of ether oxygens (including phenoxy) is 3. The molecule has 1 atom stereocenters. The molecule has 0 aromatic heterocycles. The second-order valence-corrected chi connectivity index (χ2v) is 16.5. The van der Waals surface area contributed by atoms with Gasteiger partial charge in [-0.15, -0.1) is 0 Å². The van der Waals surface area contributed by atoms with Gasteiger partial charge < -0.3 is 14.2 Å². The molecular formula is C55H92O6. The summed E-state index contributed by atoms with van der Waals surface area (Å²) in [5.41, 5.74) is 0. The number of hydrogen-bond acceptors (Lipinski definition) is 6. The predicted octanol–water partition coefficient (Wildman–Crippen LogP) is 16.4. The van der Waals surface area contributed by atoms with E-state index >= 15 is 0 Å². The van der Waals surface area contributed by atoms with E-state index in [0.717, 1.165) is 109 Å². The van der Waals surface area contributed by atoms with Crippen molar-refractivity contribution in [2.45, 2.75) is 232 Å². The van der Waals surface area contributed by atoms with Crippen LogP contribution in [0.1, 0.15) is 226 Å². The van der Waals surface area contributed by atoms with Crippen LogP contribution in [0.2, 0.25) is 0 Å². The van der Waals surface area contributed by atoms with Crippen molar-refractivity contribution >= 4 is 17.9 Å². The minimum Gasteiger partial charge on any atom is -0.462 e. The molecule has 0 N–H and O–H groups in total. The van der Waals surface area contributed by atoms with Gasteiger partial charge in [0, 0.05) is 19.3 Å². The van der Waals surface area contributed by atoms with Gasteiger partial charge in [0.25, 0.3) is 0 Å². The van der Waals surface area contributed by atoms with Gasteiger partial charge in [0.05, 0.1) is 0 Å². The van der Waals surface area contributed by atoms with Crippen LogP contribution in [0.5, 0.6) is 0 Å². The second kappa shape index (κ2) is 49.2. The van der Waals surface area contributed by atoms with Gasteiger partial charge in [0.15, 0.2) is 6.10 Å². The zero-order valence-electron chi connectivity index (χ0n) is 39.7. The SMILES string of the molecule is CC\C=C/C=C\C=C/C=C\CCCCCCCC(=O)OC(COC(=O)CCCCCCC\C=C/C=C\C=C/CCCCCCC)COC(=O)CCCCCCCCCCCC. The molecule has 0 aromatic rings. The van der Waals surface area contributed by atoms with E-state index < -0.39 is 6.10 Å². The van der Waals surface area contributed by atoms with Crippen molar-refractivity contribution in [3.8, 4) is 0 Å². The van der Waals surface area contributed by atoms with Crippen LogP contribution in [0, 0.1) is 0 Å². The molecule has 0 radical (unpaired) electrons. The van der Waals surface area contributed by atoms with Gasteiger partial charge in [-0.2, -0.15) is 0 Å². The molecule has 0 rings (SSSR count). The van der Waals surface area contributed by atoms with E-state index in [4.69, 9.17) is 14.2 Å². The molecule has 6 nitrogen and oxygen atoms in total. The highest BCUT2D eigenvalue weighted by Gasteiger charge is 2.19. The van der Waals surface area contributed by atoms with E-state index in [9.17, 15) is 14.4 Å². The van der Waals surface area contributed by atoms with Crippen molar-refractivity contribution in [2.24, 2.45) is 0 Å². The molecular weight excluding hydrogens is 757 g/mol. The highest BCUT2D eigenvalue weighted by Crippen LogP contribution is 2.14. The van der Waals surface area contributed by atoms with E-state index in [2.05, 4.69) is 81.5 Å². The van der Waals surface area contributed by atoms with Crippen LogP contribution in [0.4, 0.5) is 0 Å². The molecule has 0 aliphatic carbocycles. The first kappa shape index (κ1) is 57.6. The summed E-state index contributed by atoms with van der Waals surface area (Å²) in [6.45, 7) is 6.42. The fourth-order valence-corrected chi connectivity index (χ4v) is 6.75. The summed E-state index contributed by atoms with van der Waals surface area (Å²) < 4.78 is 16.7. The van der Waals surface area contributed by atoms with Crippen LogP contribution in [0.3, 0.4) is 0 Å². The monoisotopic (exact) mass is 849 g/mol. The molecule has 0 aliphatic rings. The zero-order valence-corrected chi connectivity index (χ0v) is 39.7. The topological polar surface area (TPSA) is 78.9 Å². The maximum atomic E-state index is 12.8. The fraction of sp³-hybridized carbons (Fsp3) is 0.691. The van der Waals surface area contributed by atoms with Crippen LogP contribution in [-0.2, 0) is 28.6 Å². The Morgan fingerprint density at radius 2 is 0.639 bits per heavy atom. The number of hydrogen-bond donors (Lipinski definition) is 0. The third kappa shape index (κ3) is 47.5. The maximum Gasteiger partial charge on any atom is 0.306 e. The van der Waals surface area contributed by atoms with Gasteiger partial charge in [0.1, 0.15) is 13.2 Å². The molecule has 0 fully saturated rings. The minimum absolute atomic E-state index is 0.0926. The molecule has 0 bridgehead atoms. The Balaban J connectivity index is 4.44. The first-order valence-electron chi connectivity index (χ1n) is 25.2. The van der Waals surface area contributed by atoms with Crippen LogP contribution < -0.4 is 0 Å². The van der Waals surface area contributed by atoms with Gasteiger partial charge in [0.2, 0.25) is 0 Å². The number of carbonyl (C=O) groups excluding carboxylic acids is 3. The lowest BCUT2D eigenvalue weighted by Crippen LogP contribution is -2.30. The number of rotatable bonds is 44. The second-order valence-electron chi connectivity index (χ2n) is 16.5. The quantitative estimate of drug-likeness (QED) is 0.0263. The van der Waals surface area contributed by atoms with Gasteiger partial charge in [-0.1, -0.05) is 228 Å². The standard InChI is InChI=1S/C55H92O6/c1-4-7-10-13-16-19-22-24-26-27-28-30-31-33-36-39-42-45-48-54(57)60-51-52(50-59-53(56)47-44-41-38-35-21-18-15-12-9-6-3)61-55(58)49-46-43-40-37-34-32-29-25-23-20-17-14-11-8-5-2/h8,11,14,17,20,22-30,52H,4-7,9-10,12-13,15-16,18-19,21,31-51H2,1-3H3/b11-8-,17-14-,23-20-,24-22-,27-26-,29-25-,30-28-.